The maximum absolute atomic E-state index is 12.3. The molecule has 1 aromatic carbocycles. The predicted octanol–water partition coefficient (Wildman–Crippen LogP) is 3.67. The minimum Gasteiger partial charge on any atom is -0.303 e. The molecule has 2 rings (SSSR count). The lowest BCUT2D eigenvalue weighted by atomic mass is 9.69. The highest BCUT2D eigenvalue weighted by Gasteiger charge is 2.47. The van der Waals surface area contributed by atoms with E-state index in [0.717, 1.165) is 18.3 Å². The molecule has 19 heavy (non-hydrogen) atoms. The van der Waals surface area contributed by atoms with Crippen LogP contribution in [0.2, 0.25) is 0 Å². The molecule has 2 heteroatoms. The molecule has 100 valence electrons. The molecule has 0 unspecified atom stereocenters. The highest BCUT2D eigenvalue weighted by atomic mass is 16.1. The Morgan fingerprint density at radius 2 is 2.11 bits per heavy atom. The normalized spacial score (nSPS) is 26.4. The zero-order valence-electron chi connectivity index (χ0n) is 11.4. The number of ketones is 1. The van der Waals surface area contributed by atoms with Crippen molar-refractivity contribution >= 4 is 12.1 Å². The third-order valence-electron chi connectivity index (χ3n) is 4.44. The minimum atomic E-state index is -0.510. The fourth-order valence-corrected chi connectivity index (χ4v) is 3.14. The lowest BCUT2D eigenvalue weighted by Crippen LogP contribution is -2.30. The molecule has 1 aliphatic rings. The zero-order valence-corrected chi connectivity index (χ0v) is 11.4. The molecule has 0 heterocycles. The number of allylic oxidation sites excluding steroid dienone is 1. The Hall–Kier alpha value is -1.70. The number of aldehydes is 1. The largest absolute Gasteiger partial charge is 0.303 e. The van der Waals surface area contributed by atoms with Crippen LogP contribution in [0, 0.1) is 5.41 Å². The molecule has 1 saturated carbocycles. The van der Waals surface area contributed by atoms with Crippen molar-refractivity contribution in [3.8, 4) is 0 Å². The first-order chi connectivity index (χ1) is 9.10. The molecule has 0 N–H and O–H groups in total. The predicted molar refractivity (Wildman–Crippen MR) is 76.0 cm³/mol. The molecular formula is C17H20O2. The van der Waals surface area contributed by atoms with E-state index < -0.39 is 5.41 Å². The van der Waals surface area contributed by atoms with Gasteiger partial charge in [0.15, 0.2) is 0 Å². The van der Waals surface area contributed by atoms with Crippen LogP contribution in [0.15, 0.2) is 42.5 Å². The topological polar surface area (TPSA) is 34.1 Å². The summed E-state index contributed by atoms with van der Waals surface area (Å²) in [6, 6.07) is 10.2. The van der Waals surface area contributed by atoms with Gasteiger partial charge in [-0.2, -0.15) is 0 Å². The Morgan fingerprint density at radius 3 is 2.74 bits per heavy atom. The van der Waals surface area contributed by atoms with Gasteiger partial charge in [0.05, 0.1) is 5.41 Å². The van der Waals surface area contributed by atoms with Crippen LogP contribution in [0.5, 0.6) is 0 Å². The van der Waals surface area contributed by atoms with Gasteiger partial charge in [-0.15, -0.1) is 0 Å². The number of hydrogen-bond acceptors (Lipinski definition) is 2. The molecule has 2 nitrogen and oxygen atoms in total. The van der Waals surface area contributed by atoms with E-state index in [0.29, 0.717) is 19.3 Å². The summed E-state index contributed by atoms with van der Waals surface area (Å²) in [7, 11) is 0. The highest BCUT2D eigenvalue weighted by molar-refractivity contribution is 5.91. The maximum Gasteiger partial charge on any atom is 0.143 e. The molecule has 0 amide bonds. The summed E-state index contributed by atoms with van der Waals surface area (Å²) in [5.41, 5.74) is 1.59. The molecule has 1 aliphatic carbocycles. The van der Waals surface area contributed by atoms with Crippen LogP contribution in [0.1, 0.15) is 44.1 Å². The summed E-state index contributed by atoms with van der Waals surface area (Å²) in [4.78, 5) is 22.9. The van der Waals surface area contributed by atoms with Crippen LogP contribution in [0.25, 0.3) is 0 Å². The third kappa shape index (κ3) is 2.40. The fraction of sp³-hybridized carbons (Fsp3) is 0.412. The smallest absolute Gasteiger partial charge is 0.143 e. The average molecular weight is 256 g/mol. The first kappa shape index (κ1) is 13.7. The van der Waals surface area contributed by atoms with Gasteiger partial charge < -0.3 is 4.79 Å². The van der Waals surface area contributed by atoms with E-state index in [9.17, 15) is 9.59 Å². The Bertz CT molecular complexity index is 489. The second kappa shape index (κ2) is 5.52. The van der Waals surface area contributed by atoms with Gasteiger partial charge in [0, 0.05) is 18.8 Å². The number of rotatable bonds is 5. The standard InChI is InChI=1S/C17H20O2/c1-13(7-6-12-18)17(2)15(10-11-16(17)19)14-8-4-3-5-9-14/h3-5,8-9,12,15H,1,6-7,10-11H2,2H3/t15-,17+/m1/s1. The van der Waals surface area contributed by atoms with E-state index in [4.69, 9.17) is 0 Å². The van der Waals surface area contributed by atoms with Crippen LogP contribution in [0.4, 0.5) is 0 Å². The molecule has 0 radical (unpaired) electrons. The van der Waals surface area contributed by atoms with Crippen molar-refractivity contribution in [3.63, 3.8) is 0 Å². The van der Waals surface area contributed by atoms with Gasteiger partial charge in [0.1, 0.15) is 12.1 Å². The number of hydrogen-bond donors (Lipinski definition) is 0. The van der Waals surface area contributed by atoms with Crippen molar-refractivity contribution < 1.29 is 9.59 Å². The monoisotopic (exact) mass is 256 g/mol. The van der Waals surface area contributed by atoms with Gasteiger partial charge in [0.25, 0.3) is 0 Å². The first-order valence-corrected chi connectivity index (χ1v) is 6.81. The summed E-state index contributed by atoms with van der Waals surface area (Å²) in [6.07, 6.45) is 3.43. The summed E-state index contributed by atoms with van der Waals surface area (Å²) in [5.74, 6) is 0.456. The van der Waals surface area contributed by atoms with Crippen molar-refractivity contribution in [1.29, 1.82) is 0 Å². The molecule has 0 aliphatic heterocycles. The molecule has 2 atom stereocenters. The molecule has 0 bridgehead atoms. The van der Waals surface area contributed by atoms with Gasteiger partial charge in [-0.05, 0) is 25.3 Å². The minimum absolute atomic E-state index is 0.195. The van der Waals surface area contributed by atoms with Gasteiger partial charge >= 0.3 is 0 Å². The highest BCUT2D eigenvalue weighted by Crippen LogP contribution is 2.51. The summed E-state index contributed by atoms with van der Waals surface area (Å²) in [6.45, 7) is 6.09. The van der Waals surface area contributed by atoms with Crippen molar-refractivity contribution in [3.05, 3.63) is 48.0 Å². The Balaban J connectivity index is 2.31. The second-order valence-corrected chi connectivity index (χ2v) is 5.44. The SMILES string of the molecule is C=C(CCC=O)[C@]1(C)C(=O)CC[C@@H]1c1ccccc1. The van der Waals surface area contributed by atoms with Gasteiger partial charge in [-0.3, -0.25) is 4.79 Å². The lowest BCUT2D eigenvalue weighted by molar-refractivity contribution is -0.124. The maximum atomic E-state index is 12.3. The fourth-order valence-electron chi connectivity index (χ4n) is 3.14. The zero-order chi connectivity index (χ0) is 13.9. The second-order valence-electron chi connectivity index (χ2n) is 5.44. The Morgan fingerprint density at radius 1 is 1.42 bits per heavy atom. The van der Waals surface area contributed by atoms with Crippen molar-refractivity contribution in [2.75, 3.05) is 0 Å². The number of carbonyl (C=O) groups is 2. The van der Waals surface area contributed by atoms with Crippen LogP contribution in [-0.4, -0.2) is 12.1 Å². The van der Waals surface area contributed by atoms with E-state index >= 15 is 0 Å². The summed E-state index contributed by atoms with van der Waals surface area (Å²) >= 11 is 0. The molecule has 0 spiro atoms. The van der Waals surface area contributed by atoms with Crippen LogP contribution in [-0.2, 0) is 9.59 Å². The number of carbonyl (C=O) groups excluding carboxylic acids is 2. The van der Waals surface area contributed by atoms with Crippen LogP contribution < -0.4 is 0 Å². The van der Waals surface area contributed by atoms with E-state index in [2.05, 4.69) is 18.7 Å². The van der Waals surface area contributed by atoms with E-state index in [-0.39, 0.29) is 11.7 Å². The van der Waals surface area contributed by atoms with E-state index in [1.54, 1.807) is 0 Å². The Kier molecular flexibility index (Phi) is 3.98. The van der Waals surface area contributed by atoms with Crippen LogP contribution >= 0.6 is 0 Å². The van der Waals surface area contributed by atoms with E-state index in [1.807, 2.05) is 25.1 Å². The van der Waals surface area contributed by atoms with E-state index in [1.165, 1.54) is 5.56 Å². The average Bonchev–Trinajstić information content (AvgIpc) is 2.74. The molecular weight excluding hydrogens is 236 g/mol. The molecule has 0 aromatic heterocycles. The molecule has 1 fully saturated rings. The number of Topliss-reactive ketones (excluding diaryl/α,β-unsaturated/α-hetero) is 1. The molecule has 0 saturated heterocycles. The summed E-state index contributed by atoms with van der Waals surface area (Å²) in [5, 5.41) is 0. The van der Waals surface area contributed by atoms with Crippen molar-refractivity contribution in [2.45, 2.75) is 38.5 Å². The lowest BCUT2D eigenvalue weighted by Gasteiger charge is -2.32. The molecule has 1 aromatic rings. The van der Waals surface area contributed by atoms with Crippen LogP contribution in [0.3, 0.4) is 0 Å². The van der Waals surface area contributed by atoms with Crippen molar-refractivity contribution in [2.24, 2.45) is 5.41 Å². The Labute approximate surface area is 114 Å². The van der Waals surface area contributed by atoms with Gasteiger partial charge in [0.2, 0.25) is 0 Å². The van der Waals surface area contributed by atoms with Gasteiger partial charge in [-0.25, -0.2) is 0 Å². The van der Waals surface area contributed by atoms with Gasteiger partial charge in [-0.1, -0.05) is 42.5 Å². The summed E-state index contributed by atoms with van der Waals surface area (Å²) < 4.78 is 0. The quantitative estimate of drug-likeness (QED) is 0.595. The first-order valence-electron chi connectivity index (χ1n) is 6.81. The third-order valence-corrected chi connectivity index (χ3v) is 4.44. The number of benzene rings is 1. The van der Waals surface area contributed by atoms with Crippen molar-refractivity contribution in [1.82, 2.24) is 0 Å².